The van der Waals surface area contributed by atoms with Gasteiger partial charge in [0.15, 0.2) is 5.41 Å². The monoisotopic (exact) mass is 571 g/mol. The van der Waals surface area contributed by atoms with Gasteiger partial charge in [-0.25, -0.2) is 0 Å². The number of benzene rings is 3. The second kappa shape index (κ2) is 13.6. The van der Waals surface area contributed by atoms with Crippen LogP contribution in [0.2, 0.25) is 0 Å². The molecule has 0 fully saturated rings. The molecule has 0 saturated heterocycles. The number of Topliss-reactive ketones (excluding diaryl/α,β-unsaturated/α-hetero) is 1. The van der Waals surface area contributed by atoms with Crippen molar-refractivity contribution in [2.75, 3.05) is 18.5 Å². The Morgan fingerprint density at radius 3 is 1.88 bits per heavy atom. The summed E-state index contributed by atoms with van der Waals surface area (Å²) in [5.41, 5.74) is -1.30. The number of ketones is 1. The third-order valence-electron chi connectivity index (χ3n) is 5.95. The lowest BCUT2D eigenvalue weighted by Crippen LogP contribution is -2.48. The summed E-state index contributed by atoms with van der Waals surface area (Å²) in [7, 11) is 0. The van der Waals surface area contributed by atoms with Crippen LogP contribution in [0.3, 0.4) is 0 Å². The van der Waals surface area contributed by atoms with Crippen molar-refractivity contribution < 1.29 is 46.6 Å². The van der Waals surface area contributed by atoms with E-state index in [1.165, 1.54) is 42.5 Å². The van der Waals surface area contributed by atoms with Crippen LogP contribution in [0, 0.1) is 0 Å². The first-order chi connectivity index (χ1) is 19.5. The zero-order valence-corrected chi connectivity index (χ0v) is 22.3. The van der Waals surface area contributed by atoms with Crippen molar-refractivity contribution in [1.82, 2.24) is 0 Å². The van der Waals surface area contributed by atoms with Gasteiger partial charge >= 0.3 is 18.3 Å². The number of halogens is 3. The van der Waals surface area contributed by atoms with Gasteiger partial charge in [0.05, 0.1) is 18.8 Å². The highest BCUT2D eigenvalue weighted by atomic mass is 19.4. The third-order valence-corrected chi connectivity index (χ3v) is 5.95. The van der Waals surface area contributed by atoms with Gasteiger partial charge in [-0.2, -0.15) is 0 Å². The first-order valence-corrected chi connectivity index (χ1v) is 12.7. The molecule has 3 aromatic carbocycles. The molecule has 3 aromatic rings. The van der Waals surface area contributed by atoms with Crippen molar-refractivity contribution in [3.63, 3.8) is 0 Å². The number of anilines is 1. The van der Waals surface area contributed by atoms with Gasteiger partial charge in [0.25, 0.3) is 5.91 Å². The lowest BCUT2D eigenvalue weighted by atomic mass is 9.75. The molecule has 0 unspecified atom stereocenters. The standard InChI is InChI=1S/C30H28F3NO7/c1-3-39-27(37)29(28(38)40-4-2,21-10-6-5-7-11-21)19-23(35)18-20-14-16-22(17-15-20)34-26(36)24-12-8-9-13-25(24)41-30(31,32)33/h5-17H,3-4,18-19H2,1-2H3,(H,34,36). The van der Waals surface area contributed by atoms with E-state index in [1.807, 2.05) is 0 Å². The molecule has 1 N–H and O–H groups in total. The number of esters is 2. The number of alkyl halides is 3. The molecule has 0 atom stereocenters. The van der Waals surface area contributed by atoms with Gasteiger partial charge in [0, 0.05) is 18.5 Å². The minimum atomic E-state index is -4.97. The molecule has 0 aliphatic rings. The zero-order chi connectivity index (χ0) is 30.0. The van der Waals surface area contributed by atoms with Crippen molar-refractivity contribution in [2.45, 2.75) is 38.5 Å². The van der Waals surface area contributed by atoms with Crippen LogP contribution in [-0.2, 0) is 35.7 Å². The molecule has 41 heavy (non-hydrogen) atoms. The fourth-order valence-corrected chi connectivity index (χ4v) is 4.15. The second-order valence-corrected chi connectivity index (χ2v) is 8.80. The quantitative estimate of drug-likeness (QED) is 0.229. The number of hydrogen-bond acceptors (Lipinski definition) is 7. The fraction of sp³-hybridized carbons (Fsp3) is 0.267. The summed E-state index contributed by atoms with van der Waals surface area (Å²) >= 11 is 0. The smallest absolute Gasteiger partial charge is 0.465 e. The molecular formula is C30H28F3NO7. The lowest BCUT2D eigenvalue weighted by Gasteiger charge is -2.29. The maximum absolute atomic E-state index is 13.2. The average Bonchev–Trinajstić information content (AvgIpc) is 2.93. The Labute approximate surface area is 234 Å². The third kappa shape index (κ3) is 7.93. The van der Waals surface area contributed by atoms with E-state index in [9.17, 15) is 32.3 Å². The largest absolute Gasteiger partial charge is 0.573 e. The molecule has 216 valence electrons. The topological polar surface area (TPSA) is 108 Å². The molecular weight excluding hydrogens is 543 g/mol. The number of rotatable bonds is 12. The minimum absolute atomic E-state index is 0.0129. The van der Waals surface area contributed by atoms with Crippen LogP contribution in [0.1, 0.15) is 41.8 Å². The molecule has 0 heterocycles. The molecule has 11 heteroatoms. The summed E-state index contributed by atoms with van der Waals surface area (Å²) in [6, 6.07) is 19.0. The Morgan fingerprint density at radius 2 is 1.32 bits per heavy atom. The molecule has 0 radical (unpaired) electrons. The Balaban J connectivity index is 1.78. The maximum atomic E-state index is 13.2. The summed E-state index contributed by atoms with van der Waals surface area (Å²) in [5, 5.41) is 2.49. The Hall–Kier alpha value is -4.67. The summed E-state index contributed by atoms with van der Waals surface area (Å²) in [5.74, 6) is -3.73. The van der Waals surface area contributed by atoms with E-state index in [2.05, 4.69) is 10.1 Å². The highest BCUT2D eigenvalue weighted by molar-refractivity contribution is 6.10. The van der Waals surface area contributed by atoms with Crippen LogP contribution in [0.15, 0.2) is 78.9 Å². The van der Waals surface area contributed by atoms with Crippen LogP contribution >= 0.6 is 0 Å². The molecule has 0 aliphatic carbocycles. The number of carbonyl (C=O) groups is 4. The fourth-order valence-electron chi connectivity index (χ4n) is 4.15. The number of nitrogens with one attached hydrogen (secondary N) is 1. The number of para-hydroxylation sites is 1. The van der Waals surface area contributed by atoms with Crippen LogP contribution < -0.4 is 10.1 Å². The Bertz CT molecular complexity index is 1350. The van der Waals surface area contributed by atoms with Crippen LogP contribution in [-0.4, -0.2) is 43.2 Å². The first kappa shape index (κ1) is 30.9. The normalized spacial score (nSPS) is 11.3. The molecule has 8 nitrogen and oxygen atoms in total. The van der Waals surface area contributed by atoms with E-state index < -0.39 is 47.6 Å². The van der Waals surface area contributed by atoms with Crippen LogP contribution in [0.5, 0.6) is 5.75 Å². The van der Waals surface area contributed by atoms with E-state index in [0.717, 1.165) is 6.07 Å². The number of ether oxygens (including phenoxy) is 3. The van der Waals surface area contributed by atoms with E-state index in [1.54, 1.807) is 44.2 Å². The van der Waals surface area contributed by atoms with E-state index in [4.69, 9.17) is 9.47 Å². The van der Waals surface area contributed by atoms with Gasteiger partial charge in [0.2, 0.25) is 0 Å². The molecule has 0 saturated carbocycles. The van der Waals surface area contributed by atoms with Crippen LogP contribution in [0.4, 0.5) is 18.9 Å². The van der Waals surface area contributed by atoms with Gasteiger partial charge in [-0.05, 0) is 49.2 Å². The zero-order valence-electron chi connectivity index (χ0n) is 22.3. The predicted octanol–water partition coefficient (Wildman–Crippen LogP) is 5.40. The van der Waals surface area contributed by atoms with Gasteiger partial charge in [-0.3, -0.25) is 19.2 Å². The van der Waals surface area contributed by atoms with Crippen molar-refractivity contribution >= 4 is 29.3 Å². The Kier molecular flexibility index (Phi) is 10.2. The van der Waals surface area contributed by atoms with Crippen molar-refractivity contribution in [3.05, 3.63) is 95.6 Å². The summed E-state index contributed by atoms with van der Waals surface area (Å²) in [6.07, 6.45) is -5.64. The highest BCUT2D eigenvalue weighted by Crippen LogP contribution is 2.33. The van der Waals surface area contributed by atoms with Gasteiger partial charge in [-0.1, -0.05) is 54.6 Å². The molecule has 0 bridgehead atoms. The molecule has 0 aliphatic heterocycles. The van der Waals surface area contributed by atoms with Gasteiger partial charge in [-0.15, -0.1) is 13.2 Å². The van der Waals surface area contributed by atoms with Crippen molar-refractivity contribution in [1.29, 1.82) is 0 Å². The number of hydrogen-bond donors (Lipinski definition) is 1. The minimum Gasteiger partial charge on any atom is -0.465 e. The average molecular weight is 572 g/mol. The SMILES string of the molecule is CCOC(=O)C(CC(=O)Cc1ccc(NC(=O)c2ccccc2OC(F)(F)F)cc1)(C(=O)OCC)c1ccccc1. The number of amides is 1. The summed E-state index contributed by atoms with van der Waals surface area (Å²) < 4.78 is 52.4. The van der Waals surface area contributed by atoms with Gasteiger partial charge in [0.1, 0.15) is 11.5 Å². The van der Waals surface area contributed by atoms with Crippen LogP contribution in [0.25, 0.3) is 0 Å². The maximum Gasteiger partial charge on any atom is 0.573 e. The molecule has 0 spiro atoms. The first-order valence-electron chi connectivity index (χ1n) is 12.7. The molecule has 1 amide bonds. The van der Waals surface area contributed by atoms with E-state index >= 15 is 0 Å². The highest BCUT2D eigenvalue weighted by Gasteiger charge is 2.52. The number of carbonyl (C=O) groups excluding carboxylic acids is 4. The van der Waals surface area contributed by atoms with E-state index in [-0.39, 0.29) is 36.4 Å². The van der Waals surface area contributed by atoms with Crippen molar-refractivity contribution in [2.24, 2.45) is 0 Å². The van der Waals surface area contributed by atoms with E-state index in [0.29, 0.717) is 5.56 Å². The predicted molar refractivity (Wildman–Crippen MR) is 142 cm³/mol. The lowest BCUT2D eigenvalue weighted by molar-refractivity contribution is -0.274. The summed E-state index contributed by atoms with van der Waals surface area (Å²) in [6.45, 7) is 3.15. The Morgan fingerprint density at radius 1 is 0.756 bits per heavy atom. The molecule has 3 rings (SSSR count). The van der Waals surface area contributed by atoms with Gasteiger partial charge < -0.3 is 19.5 Å². The summed E-state index contributed by atoms with van der Waals surface area (Å²) in [4.78, 5) is 52.1. The van der Waals surface area contributed by atoms with Crippen molar-refractivity contribution in [3.8, 4) is 5.75 Å². The molecule has 0 aromatic heterocycles. The second-order valence-electron chi connectivity index (χ2n) is 8.80.